The van der Waals surface area contributed by atoms with Gasteiger partial charge in [-0.15, -0.1) is 0 Å². The quantitative estimate of drug-likeness (QED) is 0.610. The molecule has 0 saturated heterocycles. The molecule has 0 fully saturated rings. The van der Waals surface area contributed by atoms with Crippen molar-refractivity contribution in [2.45, 2.75) is 6.92 Å². The Morgan fingerprint density at radius 2 is 1.62 bits per heavy atom. The van der Waals surface area contributed by atoms with E-state index in [4.69, 9.17) is 11.6 Å². The molecule has 0 radical (unpaired) electrons. The van der Waals surface area contributed by atoms with Crippen molar-refractivity contribution in [2.75, 3.05) is 0 Å². The Balaban J connectivity index is 2.33. The summed E-state index contributed by atoms with van der Waals surface area (Å²) in [4.78, 5) is 7.93. The molecule has 0 spiro atoms. The van der Waals surface area contributed by atoms with Gasteiger partial charge in [-0.05, 0) is 30.7 Å². The average molecular weight is 309 g/mol. The summed E-state index contributed by atoms with van der Waals surface area (Å²) < 4.78 is 41.2. The van der Waals surface area contributed by atoms with E-state index in [1.807, 2.05) is 0 Å². The molecule has 0 aliphatic rings. The highest BCUT2D eigenvalue weighted by Gasteiger charge is 2.16. The largest absolute Gasteiger partial charge is 0.228 e. The molecule has 0 saturated carbocycles. The van der Waals surface area contributed by atoms with Crippen molar-refractivity contribution in [3.05, 3.63) is 58.5 Å². The second-order valence-corrected chi connectivity index (χ2v) is 4.91. The van der Waals surface area contributed by atoms with Crippen LogP contribution in [0.1, 0.15) is 5.56 Å². The van der Waals surface area contributed by atoms with Gasteiger partial charge in [-0.3, -0.25) is 0 Å². The van der Waals surface area contributed by atoms with Crippen molar-refractivity contribution < 1.29 is 13.2 Å². The molecule has 1 aromatic heterocycles. The van der Waals surface area contributed by atoms with Gasteiger partial charge in [-0.2, -0.15) is 0 Å². The monoisotopic (exact) mass is 308 g/mol. The first-order valence-corrected chi connectivity index (χ1v) is 6.43. The van der Waals surface area contributed by atoms with Crippen LogP contribution in [0.4, 0.5) is 13.2 Å². The predicted octanol–water partition coefficient (Wildman–Crippen LogP) is 4.68. The summed E-state index contributed by atoms with van der Waals surface area (Å²) in [6.07, 6.45) is 0. The number of aryl methyl sites for hydroxylation is 1. The second kappa shape index (κ2) is 5.00. The van der Waals surface area contributed by atoms with Gasteiger partial charge in [0.1, 0.15) is 22.6 Å². The molecule has 1 heterocycles. The van der Waals surface area contributed by atoms with E-state index in [-0.39, 0.29) is 22.1 Å². The number of fused-ring (bicyclic) bond motifs is 1. The first-order chi connectivity index (χ1) is 9.97. The van der Waals surface area contributed by atoms with Crippen LogP contribution in [0, 0.1) is 24.4 Å². The van der Waals surface area contributed by atoms with E-state index in [9.17, 15) is 13.2 Å². The highest BCUT2D eigenvalue weighted by atomic mass is 35.5. The van der Waals surface area contributed by atoms with Gasteiger partial charge < -0.3 is 0 Å². The van der Waals surface area contributed by atoms with Crippen LogP contribution < -0.4 is 0 Å². The summed E-state index contributed by atoms with van der Waals surface area (Å²) in [6.45, 7) is 1.58. The van der Waals surface area contributed by atoms with Gasteiger partial charge in [-0.25, -0.2) is 23.1 Å². The zero-order valence-corrected chi connectivity index (χ0v) is 11.5. The Bertz CT molecular complexity index is 845. The Hall–Kier alpha value is -2.14. The van der Waals surface area contributed by atoms with E-state index in [1.165, 1.54) is 18.2 Å². The van der Waals surface area contributed by atoms with Gasteiger partial charge in [0.25, 0.3) is 0 Å². The van der Waals surface area contributed by atoms with E-state index in [1.54, 1.807) is 6.92 Å². The first-order valence-electron chi connectivity index (χ1n) is 6.05. The molecule has 0 atom stereocenters. The van der Waals surface area contributed by atoms with Crippen molar-refractivity contribution in [2.24, 2.45) is 0 Å². The SMILES string of the molecule is Cc1cc2c(Cl)nc(-c3c(F)cccc3F)nc2cc1F. The van der Waals surface area contributed by atoms with Crippen LogP contribution in [0.2, 0.25) is 5.15 Å². The van der Waals surface area contributed by atoms with Gasteiger partial charge >= 0.3 is 0 Å². The molecular weight excluding hydrogens is 301 g/mol. The predicted molar refractivity (Wildman–Crippen MR) is 74.6 cm³/mol. The lowest BCUT2D eigenvalue weighted by atomic mass is 10.1. The van der Waals surface area contributed by atoms with Crippen LogP contribution in [-0.4, -0.2) is 9.97 Å². The average Bonchev–Trinajstić information content (AvgIpc) is 2.41. The van der Waals surface area contributed by atoms with Crippen LogP contribution in [0.3, 0.4) is 0 Å². The van der Waals surface area contributed by atoms with Crippen LogP contribution >= 0.6 is 11.6 Å². The summed E-state index contributed by atoms with van der Waals surface area (Å²) in [6, 6.07) is 6.08. The zero-order chi connectivity index (χ0) is 15.1. The number of halogens is 4. The molecule has 0 N–H and O–H groups in total. The lowest BCUT2D eigenvalue weighted by molar-refractivity contribution is 0.587. The fraction of sp³-hybridized carbons (Fsp3) is 0.0667. The summed E-state index contributed by atoms with van der Waals surface area (Å²) in [7, 11) is 0. The molecule has 0 bridgehead atoms. The van der Waals surface area contributed by atoms with Crippen molar-refractivity contribution >= 4 is 22.5 Å². The molecule has 0 amide bonds. The molecule has 2 aromatic carbocycles. The summed E-state index contributed by atoms with van der Waals surface area (Å²) in [5.41, 5.74) is 0.191. The number of benzene rings is 2. The Morgan fingerprint density at radius 1 is 0.952 bits per heavy atom. The van der Waals surface area contributed by atoms with Crippen molar-refractivity contribution in [1.82, 2.24) is 9.97 Å². The number of aromatic nitrogens is 2. The van der Waals surface area contributed by atoms with Crippen molar-refractivity contribution in [3.8, 4) is 11.4 Å². The Morgan fingerprint density at radius 3 is 2.29 bits per heavy atom. The topological polar surface area (TPSA) is 25.8 Å². The highest BCUT2D eigenvalue weighted by Crippen LogP contribution is 2.29. The molecule has 3 aromatic rings. The van der Waals surface area contributed by atoms with Crippen LogP contribution in [-0.2, 0) is 0 Å². The molecule has 106 valence electrons. The zero-order valence-electron chi connectivity index (χ0n) is 10.8. The van der Waals surface area contributed by atoms with E-state index < -0.39 is 17.5 Å². The molecule has 6 heteroatoms. The summed E-state index contributed by atoms with van der Waals surface area (Å²) in [5, 5.41) is 0.441. The van der Waals surface area contributed by atoms with Crippen LogP contribution in [0.15, 0.2) is 30.3 Å². The minimum atomic E-state index is -0.807. The van der Waals surface area contributed by atoms with Gasteiger partial charge in [0, 0.05) is 11.5 Å². The van der Waals surface area contributed by atoms with Gasteiger partial charge in [0.15, 0.2) is 5.82 Å². The summed E-state index contributed by atoms with van der Waals surface area (Å²) >= 11 is 6.02. The highest BCUT2D eigenvalue weighted by molar-refractivity contribution is 6.34. The normalized spacial score (nSPS) is 11.1. The van der Waals surface area contributed by atoms with E-state index >= 15 is 0 Å². The first kappa shape index (κ1) is 13.8. The van der Waals surface area contributed by atoms with Gasteiger partial charge in [0.05, 0.1) is 11.1 Å². The third-order valence-electron chi connectivity index (χ3n) is 3.12. The number of hydrogen-bond donors (Lipinski definition) is 0. The number of nitrogens with zero attached hydrogens (tertiary/aromatic N) is 2. The lowest BCUT2D eigenvalue weighted by Gasteiger charge is -2.07. The fourth-order valence-corrected chi connectivity index (χ4v) is 2.28. The lowest BCUT2D eigenvalue weighted by Crippen LogP contribution is -1.98. The molecule has 0 unspecified atom stereocenters. The maximum Gasteiger partial charge on any atom is 0.167 e. The third-order valence-corrected chi connectivity index (χ3v) is 3.40. The Labute approximate surface area is 123 Å². The third kappa shape index (κ3) is 2.34. The van der Waals surface area contributed by atoms with Crippen LogP contribution in [0.25, 0.3) is 22.3 Å². The molecule has 2 nitrogen and oxygen atoms in total. The van der Waals surface area contributed by atoms with E-state index in [0.717, 1.165) is 12.1 Å². The standard InChI is InChI=1S/C15H8ClF3N2/c1-7-5-8-12(6-11(7)19)20-15(21-14(8)16)13-9(17)3-2-4-10(13)18/h2-6H,1H3. The minimum Gasteiger partial charge on any atom is -0.228 e. The van der Waals surface area contributed by atoms with Gasteiger partial charge in [-0.1, -0.05) is 17.7 Å². The maximum absolute atomic E-state index is 13.8. The Kier molecular flexibility index (Phi) is 3.29. The number of hydrogen-bond acceptors (Lipinski definition) is 2. The fourth-order valence-electron chi connectivity index (χ4n) is 2.04. The smallest absolute Gasteiger partial charge is 0.167 e. The second-order valence-electron chi connectivity index (χ2n) is 4.55. The maximum atomic E-state index is 13.8. The molecule has 21 heavy (non-hydrogen) atoms. The molecular formula is C15H8ClF3N2. The molecule has 3 rings (SSSR count). The number of rotatable bonds is 1. The van der Waals surface area contributed by atoms with E-state index in [2.05, 4.69) is 9.97 Å². The van der Waals surface area contributed by atoms with E-state index in [0.29, 0.717) is 10.9 Å². The van der Waals surface area contributed by atoms with Crippen LogP contribution in [0.5, 0.6) is 0 Å². The van der Waals surface area contributed by atoms with Gasteiger partial charge in [0.2, 0.25) is 0 Å². The molecule has 0 aliphatic carbocycles. The van der Waals surface area contributed by atoms with Crippen molar-refractivity contribution in [3.63, 3.8) is 0 Å². The molecule has 0 aliphatic heterocycles. The minimum absolute atomic E-state index is 0.0146. The summed E-state index contributed by atoms with van der Waals surface area (Å²) in [5.74, 6) is -2.31. The van der Waals surface area contributed by atoms with Crippen molar-refractivity contribution in [1.29, 1.82) is 0 Å².